The van der Waals surface area contributed by atoms with Crippen molar-refractivity contribution in [3.8, 4) is 0 Å². The number of carbonyl (C=O) groups excluding carboxylic acids is 1. The highest BCUT2D eigenvalue weighted by atomic mass is 32.1. The fraction of sp³-hybridized carbons (Fsp3) is 0.600. The van der Waals surface area contributed by atoms with Gasteiger partial charge in [0.2, 0.25) is 0 Å². The van der Waals surface area contributed by atoms with Crippen molar-refractivity contribution >= 4 is 17.3 Å². The minimum absolute atomic E-state index is 0.00913. The molecule has 0 aliphatic heterocycles. The molecule has 0 aliphatic rings. The summed E-state index contributed by atoms with van der Waals surface area (Å²) < 4.78 is 4.82. The second-order valence-corrected chi connectivity index (χ2v) is 4.25. The highest BCUT2D eigenvalue weighted by molar-refractivity contribution is 7.09. The van der Waals surface area contributed by atoms with E-state index in [1.165, 1.54) is 0 Å². The van der Waals surface area contributed by atoms with Gasteiger partial charge in [-0.15, -0.1) is 11.3 Å². The number of carbonyl (C=O) groups is 1. The Labute approximate surface area is 93.5 Å². The van der Waals surface area contributed by atoms with Crippen LogP contribution in [0.1, 0.15) is 24.6 Å². The Kier molecular flexibility index (Phi) is 5.28. The quantitative estimate of drug-likeness (QED) is 0.746. The Balaban J connectivity index is 2.19. The Morgan fingerprint density at radius 3 is 3.13 bits per heavy atom. The first-order valence-electron chi connectivity index (χ1n) is 5.01. The van der Waals surface area contributed by atoms with E-state index in [0.29, 0.717) is 19.4 Å². The monoisotopic (exact) mass is 228 g/mol. The molecule has 1 aromatic rings. The SMILES string of the molecule is CCOC(=O)CCC(N)Cc1cncs1. The highest BCUT2D eigenvalue weighted by Crippen LogP contribution is 2.10. The average Bonchev–Trinajstić information content (AvgIpc) is 2.68. The molecule has 0 fully saturated rings. The Morgan fingerprint density at radius 1 is 1.73 bits per heavy atom. The van der Waals surface area contributed by atoms with Crippen LogP contribution in [0, 0.1) is 0 Å². The molecule has 0 saturated heterocycles. The third-order valence-electron chi connectivity index (χ3n) is 1.97. The first-order valence-corrected chi connectivity index (χ1v) is 5.89. The van der Waals surface area contributed by atoms with Crippen LogP contribution < -0.4 is 5.73 Å². The van der Waals surface area contributed by atoms with E-state index < -0.39 is 0 Å². The van der Waals surface area contributed by atoms with E-state index >= 15 is 0 Å². The number of aromatic nitrogens is 1. The lowest BCUT2D eigenvalue weighted by molar-refractivity contribution is -0.143. The number of esters is 1. The zero-order chi connectivity index (χ0) is 11.1. The van der Waals surface area contributed by atoms with Crippen LogP contribution in [0.2, 0.25) is 0 Å². The van der Waals surface area contributed by atoms with Gasteiger partial charge in [0.25, 0.3) is 0 Å². The van der Waals surface area contributed by atoms with Crippen molar-refractivity contribution in [3.63, 3.8) is 0 Å². The number of rotatable bonds is 6. The number of nitrogens with two attached hydrogens (primary N) is 1. The summed E-state index contributed by atoms with van der Waals surface area (Å²) in [6.45, 7) is 2.23. The predicted octanol–water partition coefficient (Wildman–Crippen LogP) is 1.36. The van der Waals surface area contributed by atoms with E-state index in [4.69, 9.17) is 10.5 Å². The Bertz CT molecular complexity index is 288. The van der Waals surface area contributed by atoms with Gasteiger partial charge in [0, 0.05) is 23.5 Å². The zero-order valence-electron chi connectivity index (χ0n) is 8.81. The van der Waals surface area contributed by atoms with Crippen LogP contribution in [0.3, 0.4) is 0 Å². The molecule has 0 saturated carbocycles. The van der Waals surface area contributed by atoms with Gasteiger partial charge in [-0.3, -0.25) is 9.78 Å². The number of nitrogens with zero attached hydrogens (tertiary/aromatic N) is 1. The van der Waals surface area contributed by atoms with Crippen molar-refractivity contribution in [2.24, 2.45) is 5.73 Å². The van der Waals surface area contributed by atoms with Crippen LogP contribution in [0.5, 0.6) is 0 Å². The van der Waals surface area contributed by atoms with Crippen LogP contribution in [0.15, 0.2) is 11.7 Å². The summed E-state index contributed by atoms with van der Waals surface area (Å²) in [6.07, 6.45) is 3.66. The summed E-state index contributed by atoms with van der Waals surface area (Å²) in [5, 5.41) is 0. The van der Waals surface area contributed by atoms with Crippen molar-refractivity contribution in [1.29, 1.82) is 0 Å². The van der Waals surface area contributed by atoms with E-state index in [-0.39, 0.29) is 12.0 Å². The number of hydrogen-bond acceptors (Lipinski definition) is 5. The van der Waals surface area contributed by atoms with Gasteiger partial charge in [0.1, 0.15) is 0 Å². The van der Waals surface area contributed by atoms with Crippen molar-refractivity contribution < 1.29 is 9.53 Å². The molecule has 84 valence electrons. The van der Waals surface area contributed by atoms with E-state index in [9.17, 15) is 4.79 Å². The van der Waals surface area contributed by atoms with Crippen LogP contribution in [0.4, 0.5) is 0 Å². The lowest BCUT2D eigenvalue weighted by Crippen LogP contribution is -2.23. The van der Waals surface area contributed by atoms with Crippen LogP contribution >= 0.6 is 11.3 Å². The Hall–Kier alpha value is -0.940. The molecule has 15 heavy (non-hydrogen) atoms. The first kappa shape index (κ1) is 12.1. The fourth-order valence-corrected chi connectivity index (χ4v) is 1.93. The highest BCUT2D eigenvalue weighted by Gasteiger charge is 2.09. The summed E-state index contributed by atoms with van der Waals surface area (Å²) in [4.78, 5) is 16.2. The molecule has 2 N–H and O–H groups in total. The minimum Gasteiger partial charge on any atom is -0.466 e. The topological polar surface area (TPSA) is 65.2 Å². The standard InChI is InChI=1S/C10H16N2O2S/c1-2-14-10(13)4-3-8(11)5-9-6-12-7-15-9/h6-8H,2-5,11H2,1H3. The van der Waals surface area contributed by atoms with Gasteiger partial charge in [-0.2, -0.15) is 0 Å². The number of hydrogen-bond donors (Lipinski definition) is 1. The molecule has 1 unspecified atom stereocenters. The lowest BCUT2D eigenvalue weighted by Gasteiger charge is -2.09. The second-order valence-electron chi connectivity index (χ2n) is 3.28. The molecule has 0 bridgehead atoms. The average molecular weight is 228 g/mol. The van der Waals surface area contributed by atoms with E-state index in [1.807, 2.05) is 6.20 Å². The smallest absolute Gasteiger partial charge is 0.305 e. The van der Waals surface area contributed by atoms with Crippen molar-refractivity contribution in [2.75, 3.05) is 6.61 Å². The molecular formula is C10H16N2O2S. The maximum Gasteiger partial charge on any atom is 0.305 e. The van der Waals surface area contributed by atoms with Gasteiger partial charge < -0.3 is 10.5 Å². The fourth-order valence-electron chi connectivity index (χ4n) is 1.24. The second kappa shape index (κ2) is 6.53. The minimum atomic E-state index is -0.169. The van der Waals surface area contributed by atoms with Gasteiger partial charge >= 0.3 is 5.97 Å². The summed E-state index contributed by atoms with van der Waals surface area (Å²) in [7, 11) is 0. The molecule has 0 aliphatic carbocycles. The summed E-state index contributed by atoms with van der Waals surface area (Å²) in [5.74, 6) is -0.169. The summed E-state index contributed by atoms with van der Waals surface area (Å²) in [5.41, 5.74) is 7.67. The molecule has 1 atom stereocenters. The molecule has 1 rings (SSSR count). The summed E-state index contributed by atoms with van der Waals surface area (Å²) in [6, 6.07) is 0.00913. The van der Waals surface area contributed by atoms with Crippen LogP contribution in [0.25, 0.3) is 0 Å². The van der Waals surface area contributed by atoms with Crippen molar-refractivity contribution in [3.05, 3.63) is 16.6 Å². The molecular weight excluding hydrogens is 212 g/mol. The third-order valence-corrected chi connectivity index (χ3v) is 2.77. The maximum absolute atomic E-state index is 11.1. The van der Waals surface area contributed by atoms with Gasteiger partial charge in [-0.1, -0.05) is 0 Å². The van der Waals surface area contributed by atoms with E-state index in [0.717, 1.165) is 11.3 Å². The molecule has 4 nitrogen and oxygen atoms in total. The molecule has 1 heterocycles. The normalized spacial score (nSPS) is 12.4. The molecule has 0 aromatic carbocycles. The maximum atomic E-state index is 11.1. The summed E-state index contributed by atoms with van der Waals surface area (Å²) >= 11 is 1.59. The number of ether oxygens (including phenoxy) is 1. The lowest BCUT2D eigenvalue weighted by atomic mass is 10.1. The Morgan fingerprint density at radius 2 is 2.53 bits per heavy atom. The van der Waals surface area contributed by atoms with Crippen LogP contribution in [-0.4, -0.2) is 23.6 Å². The van der Waals surface area contributed by atoms with Crippen molar-refractivity contribution in [1.82, 2.24) is 4.98 Å². The first-order chi connectivity index (χ1) is 7.22. The largest absolute Gasteiger partial charge is 0.466 e. The molecule has 0 radical (unpaired) electrons. The van der Waals surface area contributed by atoms with E-state index in [1.54, 1.807) is 23.8 Å². The molecule has 0 spiro atoms. The third kappa shape index (κ3) is 4.90. The van der Waals surface area contributed by atoms with Crippen LogP contribution in [-0.2, 0) is 16.0 Å². The molecule has 0 amide bonds. The van der Waals surface area contributed by atoms with Gasteiger partial charge in [0.05, 0.1) is 12.1 Å². The van der Waals surface area contributed by atoms with Gasteiger partial charge in [-0.05, 0) is 19.8 Å². The van der Waals surface area contributed by atoms with Gasteiger partial charge in [-0.25, -0.2) is 0 Å². The predicted molar refractivity (Wildman–Crippen MR) is 59.7 cm³/mol. The number of thiazole rings is 1. The van der Waals surface area contributed by atoms with Crippen molar-refractivity contribution in [2.45, 2.75) is 32.2 Å². The van der Waals surface area contributed by atoms with Gasteiger partial charge in [0.15, 0.2) is 0 Å². The molecule has 5 heteroatoms. The van der Waals surface area contributed by atoms with E-state index in [2.05, 4.69) is 4.98 Å². The molecule has 1 aromatic heterocycles. The zero-order valence-corrected chi connectivity index (χ0v) is 9.63.